The summed E-state index contributed by atoms with van der Waals surface area (Å²) in [7, 11) is 1.78. The second-order valence-corrected chi connectivity index (χ2v) is 10.4. The average molecular weight is 464 g/mol. The lowest BCUT2D eigenvalue weighted by Gasteiger charge is -2.26. The SMILES string of the molecule is COCCN1CCC2(CCN(c3ccc(NC(=O)c4ccc(OCC5CC5)cc4)c(C)c3)C2)C1. The van der Waals surface area contributed by atoms with E-state index < -0.39 is 0 Å². The predicted octanol–water partition coefficient (Wildman–Crippen LogP) is 4.58. The lowest BCUT2D eigenvalue weighted by atomic mass is 9.86. The van der Waals surface area contributed by atoms with Gasteiger partial charge in [-0.05, 0) is 93.1 Å². The molecule has 2 aliphatic heterocycles. The Balaban J connectivity index is 1.17. The number of methoxy groups -OCH3 is 1. The summed E-state index contributed by atoms with van der Waals surface area (Å²) in [6, 6.07) is 13.8. The Hall–Kier alpha value is -2.57. The summed E-state index contributed by atoms with van der Waals surface area (Å²) >= 11 is 0. The number of hydrogen-bond acceptors (Lipinski definition) is 5. The number of carbonyl (C=O) groups excluding carboxylic acids is 1. The molecule has 2 saturated heterocycles. The van der Waals surface area contributed by atoms with Crippen molar-refractivity contribution in [3.63, 3.8) is 0 Å². The van der Waals surface area contributed by atoms with E-state index in [1.807, 2.05) is 30.3 Å². The molecule has 0 bridgehead atoms. The fourth-order valence-corrected chi connectivity index (χ4v) is 5.31. The van der Waals surface area contributed by atoms with E-state index in [9.17, 15) is 4.79 Å². The molecule has 0 radical (unpaired) electrons. The minimum Gasteiger partial charge on any atom is -0.493 e. The lowest BCUT2D eigenvalue weighted by Crippen LogP contribution is -2.32. The van der Waals surface area contributed by atoms with E-state index in [1.165, 1.54) is 44.5 Å². The molecule has 1 atom stereocenters. The van der Waals surface area contributed by atoms with E-state index in [4.69, 9.17) is 9.47 Å². The first-order valence-corrected chi connectivity index (χ1v) is 12.6. The van der Waals surface area contributed by atoms with E-state index in [2.05, 4.69) is 34.2 Å². The third kappa shape index (κ3) is 5.39. The van der Waals surface area contributed by atoms with Crippen LogP contribution in [-0.4, -0.2) is 63.9 Å². The molecule has 6 nitrogen and oxygen atoms in total. The molecular weight excluding hydrogens is 426 g/mol. The molecule has 1 spiro atoms. The molecule has 1 unspecified atom stereocenters. The second kappa shape index (κ2) is 9.96. The Labute approximate surface area is 203 Å². The first-order valence-electron chi connectivity index (χ1n) is 12.6. The van der Waals surface area contributed by atoms with Gasteiger partial charge in [0.25, 0.3) is 5.91 Å². The van der Waals surface area contributed by atoms with Gasteiger partial charge in [-0.2, -0.15) is 0 Å². The van der Waals surface area contributed by atoms with Gasteiger partial charge in [-0.1, -0.05) is 0 Å². The molecule has 3 fully saturated rings. The topological polar surface area (TPSA) is 54.0 Å². The number of carbonyl (C=O) groups is 1. The van der Waals surface area contributed by atoms with Crippen LogP contribution in [0.5, 0.6) is 5.75 Å². The first-order chi connectivity index (χ1) is 16.5. The van der Waals surface area contributed by atoms with Crippen molar-refractivity contribution in [3.05, 3.63) is 53.6 Å². The van der Waals surface area contributed by atoms with Crippen LogP contribution in [0.3, 0.4) is 0 Å². The van der Waals surface area contributed by atoms with Gasteiger partial charge < -0.3 is 24.6 Å². The van der Waals surface area contributed by atoms with Gasteiger partial charge >= 0.3 is 0 Å². The van der Waals surface area contributed by atoms with Crippen molar-refractivity contribution < 1.29 is 14.3 Å². The summed E-state index contributed by atoms with van der Waals surface area (Å²) in [5, 5.41) is 3.08. The Morgan fingerprint density at radius 1 is 1.09 bits per heavy atom. The quantitative estimate of drug-likeness (QED) is 0.590. The maximum Gasteiger partial charge on any atom is 0.255 e. The number of nitrogens with zero attached hydrogens (tertiary/aromatic N) is 2. The number of rotatable bonds is 9. The zero-order chi connectivity index (χ0) is 23.5. The number of benzene rings is 2. The molecule has 2 aromatic rings. The summed E-state index contributed by atoms with van der Waals surface area (Å²) in [4.78, 5) is 17.9. The molecule has 1 saturated carbocycles. The minimum absolute atomic E-state index is 0.0909. The molecule has 0 aromatic heterocycles. The average Bonchev–Trinajstić information content (AvgIpc) is 3.47. The van der Waals surface area contributed by atoms with Gasteiger partial charge in [0, 0.05) is 55.6 Å². The van der Waals surface area contributed by atoms with Crippen LogP contribution in [0.4, 0.5) is 11.4 Å². The van der Waals surface area contributed by atoms with Crippen LogP contribution in [0.1, 0.15) is 41.6 Å². The lowest BCUT2D eigenvalue weighted by molar-refractivity contribution is 0.102. The van der Waals surface area contributed by atoms with Crippen LogP contribution in [0.15, 0.2) is 42.5 Å². The number of nitrogens with one attached hydrogen (secondary N) is 1. The van der Waals surface area contributed by atoms with Crippen LogP contribution in [0.2, 0.25) is 0 Å². The fourth-order valence-electron chi connectivity index (χ4n) is 5.31. The van der Waals surface area contributed by atoms with Crippen molar-refractivity contribution in [2.24, 2.45) is 11.3 Å². The van der Waals surface area contributed by atoms with Gasteiger partial charge in [-0.25, -0.2) is 0 Å². The number of likely N-dealkylation sites (tertiary alicyclic amines) is 1. The zero-order valence-corrected chi connectivity index (χ0v) is 20.5. The molecule has 1 aliphatic carbocycles. The Bertz CT molecular complexity index is 1000. The van der Waals surface area contributed by atoms with Crippen molar-refractivity contribution in [3.8, 4) is 5.75 Å². The van der Waals surface area contributed by atoms with Gasteiger partial charge in [0.2, 0.25) is 0 Å². The van der Waals surface area contributed by atoms with E-state index in [0.717, 1.165) is 49.8 Å². The standard InChI is InChI=1S/C28H37N3O3/c1-21-17-24(31-14-12-28(20-31)11-13-30(19-28)15-16-33-2)7-10-26(21)29-27(32)23-5-8-25(9-6-23)34-18-22-3-4-22/h5-10,17,22H,3-4,11-16,18-20H2,1-2H3,(H,29,32). The molecular formula is C28H37N3O3. The highest BCUT2D eigenvalue weighted by Crippen LogP contribution is 2.41. The van der Waals surface area contributed by atoms with Gasteiger partial charge in [-0.3, -0.25) is 4.79 Å². The van der Waals surface area contributed by atoms with E-state index in [1.54, 1.807) is 7.11 Å². The van der Waals surface area contributed by atoms with E-state index >= 15 is 0 Å². The first kappa shape index (κ1) is 23.2. The minimum atomic E-state index is -0.0909. The van der Waals surface area contributed by atoms with Crippen LogP contribution in [0, 0.1) is 18.3 Å². The molecule has 1 N–H and O–H groups in total. The van der Waals surface area contributed by atoms with Crippen molar-refractivity contribution in [2.75, 3.05) is 63.3 Å². The fraction of sp³-hybridized carbons (Fsp3) is 0.536. The van der Waals surface area contributed by atoms with Crippen molar-refractivity contribution in [1.82, 2.24) is 4.90 Å². The van der Waals surface area contributed by atoms with Gasteiger partial charge in [-0.15, -0.1) is 0 Å². The van der Waals surface area contributed by atoms with Crippen molar-refractivity contribution >= 4 is 17.3 Å². The third-order valence-corrected chi connectivity index (χ3v) is 7.69. The second-order valence-electron chi connectivity index (χ2n) is 10.4. The molecule has 182 valence electrons. The molecule has 2 aromatic carbocycles. The monoisotopic (exact) mass is 463 g/mol. The van der Waals surface area contributed by atoms with Crippen LogP contribution >= 0.6 is 0 Å². The Morgan fingerprint density at radius 2 is 1.88 bits per heavy atom. The number of anilines is 2. The number of ether oxygens (including phenoxy) is 2. The zero-order valence-electron chi connectivity index (χ0n) is 20.5. The molecule has 3 aliphatic rings. The van der Waals surface area contributed by atoms with Gasteiger partial charge in [0.15, 0.2) is 0 Å². The summed E-state index contributed by atoms with van der Waals surface area (Å²) in [5.74, 6) is 1.46. The molecule has 1 amide bonds. The number of hydrogen-bond donors (Lipinski definition) is 1. The van der Waals surface area contributed by atoms with Gasteiger partial charge in [0.1, 0.15) is 5.75 Å². The molecule has 6 heteroatoms. The predicted molar refractivity (Wildman–Crippen MR) is 136 cm³/mol. The maximum atomic E-state index is 12.8. The summed E-state index contributed by atoms with van der Waals surface area (Å²) in [6.07, 6.45) is 5.05. The largest absolute Gasteiger partial charge is 0.493 e. The van der Waals surface area contributed by atoms with Crippen LogP contribution in [-0.2, 0) is 4.74 Å². The van der Waals surface area contributed by atoms with Crippen LogP contribution in [0.25, 0.3) is 0 Å². The highest BCUT2D eigenvalue weighted by atomic mass is 16.5. The highest BCUT2D eigenvalue weighted by molar-refractivity contribution is 6.04. The van der Waals surface area contributed by atoms with Crippen LogP contribution < -0.4 is 15.0 Å². The van der Waals surface area contributed by atoms with Gasteiger partial charge in [0.05, 0.1) is 13.2 Å². The van der Waals surface area contributed by atoms with Crippen molar-refractivity contribution in [2.45, 2.75) is 32.6 Å². The molecule has 34 heavy (non-hydrogen) atoms. The molecule has 2 heterocycles. The van der Waals surface area contributed by atoms with E-state index in [0.29, 0.717) is 16.9 Å². The number of aryl methyl sites for hydroxylation is 1. The summed E-state index contributed by atoms with van der Waals surface area (Å²) < 4.78 is 11.0. The number of amides is 1. The molecule has 5 rings (SSSR count). The smallest absolute Gasteiger partial charge is 0.255 e. The Morgan fingerprint density at radius 3 is 2.62 bits per heavy atom. The normalized spacial score (nSPS) is 22.5. The van der Waals surface area contributed by atoms with Crippen molar-refractivity contribution in [1.29, 1.82) is 0 Å². The Kier molecular flexibility index (Phi) is 6.79. The summed E-state index contributed by atoms with van der Waals surface area (Å²) in [6.45, 7) is 9.24. The highest BCUT2D eigenvalue weighted by Gasteiger charge is 2.43. The summed E-state index contributed by atoms with van der Waals surface area (Å²) in [5.41, 5.74) is 4.25. The maximum absolute atomic E-state index is 12.8. The third-order valence-electron chi connectivity index (χ3n) is 7.69. The van der Waals surface area contributed by atoms with E-state index in [-0.39, 0.29) is 5.91 Å².